The maximum atomic E-state index is 13.8. The van der Waals surface area contributed by atoms with E-state index < -0.39 is 71.6 Å². The molecule has 0 aromatic carbocycles. The van der Waals surface area contributed by atoms with E-state index >= 15 is 0 Å². The number of carboxylic acid groups (broad SMARTS) is 2. The van der Waals surface area contributed by atoms with Crippen molar-refractivity contribution in [3.63, 3.8) is 0 Å². The molecule has 4 amide bonds. The van der Waals surface area contributed by atoms with Gasteiger partial charge in [0.1, 0.15) is 18.7 Å². The minimum Gasteiger partial charge on any atom is -0.480 e. The minimum absolute atomic E-state index is 0.00504. The number of rotatable bonds is 9. The van der Waals surface area contributed by atoms with Crippen molar-refractivity contribution < 1.29 is 48.1 Å². The molecule has 3 fully saturated rings. The van der Waals surface area contributed by atoms with Gasteiger partial charge in [0, 0.05) is 57.0 Å². The van der Waals surface area contributed by atoms with Crippen LogP contribution in [0.2, 0.25) is 0 Å². The van der Waals surface area contributed by atoms with Crippen molar-refractivity contribution in [2.45, 2.75) is 62.7 Å². The zero-order valence-corrected chi connectivity index (χ0v) is 22.1. The summed E-state index contributed by atoms with van der Waals surface area (Å²) in [5, 5.41) is 25.0. The first kappa shape index (κ1) is 29.1. The van der Waals surface area contributed by atoms with Crippen molar-refractivity contribution in [2.24, 2.45) is 11.8 Å². The molecule has 40 heavy (non-hydrogen) atoms. The number of methoxy groups -OCH3 is 1. The second-order valence-corrected chi connectivity index (χ2v) is 10.5. The smallest absolute Gasteiger partial charge is 0.326 e. The van der Waals surface area contributed by atoms with E-state index in [1.54, 1.807) is 6.07 Å². The number of carbonyl (C=O) groups is 6. The zero-order chi connectivity index (χ0) is 29.0. The van der Waals surface area contributed by atoms with Gasteiger partial charge in [0.2, 0.25) is 17.7 Å². The fraction of sp³-hybridized carbons (Fsp3) is 0.615. The number of hydrogen-bond acceptors (Lipinski definition) is 8. The molecule has 14 heteroatoms. The van der Waals surface area contributed by atoms with E-state index in [1.165, 1.54) is 29.2 Å². The molecule has 2 aliphatic heterocycles. The molecule has 4 N–H and O–H groups in total. The first-order valence-corrected chi connectivity index (χ1v) is 13.3. The highest BCUT2D eigenvalue weighted by atomic mass is 16.5. The van der Waals surface area contributed by atoms with Crippen LogP contribution in [0.1, 0.15) is 49.1 Å². The summed E-state index contributed by atoms with van der Waals surface area (Å²) in [6, 6.07) is -0.559. The van der Waals surface area contributed by atoms with Crippen LogP contribution in [0.5, 0.6) is 0 Å². The van der Waals surface area contributed by atoms with E-state index in [4.69, 9.17) is 9.15 Å². The van der Waals surface area contributed by atoms with Crippen molar-refractivity contribution in [3.05, 3.63) is 24.2 Å². The zero-order valence-electron chi connectivity index (χ0n) is 22.1. The highest BCUT2D eigenvalue weighted by molar-refractivity contribution is 5.94. The molecule has 1 aromatic heterocycles. The molecule has 3 aliphatic rings. The summed E-state index contributed by atoms with van der Waals surface area (Å²) < 4.78 is 9.88. The number of carboxylic acids is 2. The van der Waals surface area contributed by atoms with Gasteiger partial charge < -0.3 is 39.8 Å². The molecular weight excluding hydrogens is 528 g/mol. The Kier molecular flexibility index (Phi) is 9.07. The van der Waals surface area contributed by atoms with Crippen LogP contribution in [0, 0.1) is 11.8 Å². The van der Waals surface area contributed by atoms with E-state index in [0.29, 0.717) is 25.7 Å². The van der Waals surface area contributed by atoms with Gasteiger partial charge in [0.25, 0.3) is 5.91 Å². The Morgan fingerprint density at radius 2 is 1.43 bits per heavy atom. The van der Waals surface area contributed by atoms with E-state index in [1.807, 2.05) is 0 Å². The Bertz CT molecular complexity index is 1140. The number of carbonyl (C=O) groups excluding carboxylic acids is 4. The van der Waals surface area contributed by atoms with E-state index in [0.717, 1.165) is 0 Å². The lowest BCUT2D eigenvalue weighted by molar-refractivity contribution is -0.156. The fourth-order valence-corrected chi connectivity index (χ4v) is 6.05. The van der Waals surface area contributed by atoms with Gasteiger partial charge in [-0.15, -0.1) is 0 Å². The topological polar surface area (TPSA) is 196 Å². The van der Waals surface area contributed by atoms with Crippen LogP contribution in [-0.2, 0) is 28.7 Å². The molecule has 14 nitrogen and oxygen atoms in total. The van der Waals surface area contributed by atoms with Crippen molar-refractivity contribution in [3.8, 4) is 0 Å². The molecule has 218 valence electrons. The summed E-state index contributed by atoms with van der Waals surface area (Å²) in [6.45, 7) is -0.273. The molecule has 6 atom stereocenters. The third-order valence-electron chi connectivity index (χ3n) is 7.86. The van der Waals surface area contributed by atoms with Crippen LogP contribution in [0.25, 0.3) is 0 Å². The van der Waals surface area contributed by atoms with Crippen molar-refractivity contribution in [1.82, 2.24) is 20.4 Å². The maximum Gasteiger partial charge on any atom is 0.326 e. The van der Waals surface area contributed by atoms with Gasteiger partial charge in [0.15, 0.2) is 5.76 Å². The van der Waals surface area contributed by atoms with Crippen LogP contribution in [0.4, 0.5) is 0 Å². The summed E-state index contributed by atoms with van der Waals surface area (Å²) in [5.41, 5.74) is 0. The number of ether oxygens (including phenoxy) is 1. The fourth-order valence-electron chi connectivity index (χ4n) is 6.05. The SMILES string of the molecule is COCC(=O)N[C@H]1C[C@@H](C(=O)O)N(C(=O)[C@H]2CCCC[C@H]2C(=O)N2C[C@@H](NC(=O)c3ccco3)C[C@H]2C(=O)O)C1. The molecule has 1 aliphatic carbocycles. The highest BCUT2D eigenvalue weighted by Crippen LogP contribution is 2.36. The van der Waals surface area contributed by atoms with Gasteiger partial charge in [-0.25, -0.2) is 9.59 Å². The molecule has 1 aromatic rings. The number of aliphatic carboxylic acids is 2. The predicted octanol–water partition coefficient (Wildman–Crippen LogP) is -0.313. The largest absolute Gasteiger partial charge is 0.480 e. The molecule has 0 bridgehead atoms. The molecule has 0 radical (unpaired) electrons. The average Bonchev–Trinajstić information content (AvgIpc) is 3.68. The monoisotopic (exact) mass is 562 g/mol. The second-order valence-electron chi connectivity index (χ2n) is 10.5. The third kappa shape index (κ3) is 6.27. The summed E-state index contributed by atoms with van der Waals surface area (Å²) in [6.07, 6.45) is 3.36. The van der Waals surface area contributed by atoms with Crippen molar-refractivity contribution in [2.75, 3.05) is 26.8 Å². The Labute approximate surface area is 230 Å². The van der Waals surface area contributed by atoms with Gasteiger partial charge in [0.05, 0.1) is 6.26 Å². The highest BCUT2D eigenvalue weighted by Gasteiger charge is 2.49. The van der Waals surface area contributed by atoms with Gasteiger partial charge in [-0.05, 0) is 25.0 Å². The molecule has 2 saturated heterocycles. The first-order chi connectivity index (χ1) is 19.1. The normalized spacial score (nSPS) is 28.2. The molecular formula is C26H34N4O10. The molecule has 3 heterocycles. The quantitative estimate of drug-likeness (QED) is 0.310. The predicted molar refractivity (Wildman–Crippen MR) is 135 cm³/mol. The number of furan rings is 1. The summed E-state index contributed by atoms with van der Waals surface area (Å²) in [5.74, 6) is -6.00. The van der Waals surface area contributed by atoms with Gasteiger partial charge >= 0.3 is 11.9 Å². The molecule has 1 saturated carbocycles. The second kappa shape index (κ2) is 12.5. The number of hydrogen-bond donors (Lipinski definition) is 4. The summed E-state index contributed by atoms with van der Waals surface area (Å²) in [4.78, 5) is 78.4. The summed E-state index contributed by atoms with van der Waals surface area (Å²) in [7, 11) is 1.36. The van der Waals surface area contributed by atoms with Crippen LogP contribution in [-0.4, -0.2) is 107 Å². The minimum atomic E-state index is -1.22. The Morgan fingerprint density at radius 1 is 0.900 bits per heavy atom. The Morgan fingerprint density at radius 3 is 1.88 bits per heavy atom. The number of nitrogens with zero attached hydrogens (tertiary/aromatic N) is 2. The first-order valence-electron chi connectivity index (χ1n) is 13.3. The number of amides is 4. The summed E-state index contributed by atoms with van der Waals surface area (Å²) >= 11 is 0. The van der Waals surface area contributed by atoms with Crippen molar-refractivity contribution in [1.29, 1.82) is 0 Å². The van der Waals surface area contributed by atoms with E-state index in [-0.39, 0.29) is 38.3 Å². The van der Waals surface area contributed by atoms with Gasteiger partial charge in [-0.1, -0.05) is 12.8 Å². The van der Waals surface area contributed by atoms with Gasteiger partial charge in [-0.3, -0.25) is 19.2 Å². The maximum absolute atomic E-state index is 13.8. The van der Waals surface area contributed by atoms with E-state index in [2.05, 4.69) is 10.6 Å². The van der Waals surface area contributed by atoms with Gasteiger partial charge in [-0.2, -0.15) is 0 Å². The van der Waals surface area contributed by atoms with E-state index in [9.17, 15) is 39.0 Å². The van der Waals surface area contributed by atoms with Crippen LogP contribution >= 0.6 is 0 Å². The van der Waals surface area contributed by atoms with Crippen molar-refractivity contribution >= 4 is 35.6 Å². The molecule has 0 spiro atoms. The molecule has 0 unspecified atom stereocenters. The lowest BCUT2D eigenvalue weighted by atomic mass is 9.77. The molecule has 4 rings (SSSR count). The average molecular weight is 563 g/mol. The Hall–Kier alpha value is -3.94. The number of nitrogens with one attached hydrogen (secondary N) is 2. The third-order valence-corrected chi connectivity index (χ3v) is 7.86. The van der Waals surface area contributed by atoms with Crippen LogP contribution in [0.15, 0.2) is 22.8 Å². The Balaban J connectivity index is 1.48. The standard InChI is InChI=1S/C26H34N4O10/c1-39-13-21(31)27-14-9-18(25(35)36)29(11-14)23(33)16-5-2-3-6-17(16)24(34)30-12-15(10-19(30)26(37)38)28-22(32)20-7-4-8-40-20/h4,7-8,14-19H,2-3,5-6,9-13H2,1H3,(H,27,31)(H,28,32)(H,35,36)(H,37,38)/t14-,15-,16-,17+,18-,19-/m0/s1. The lowest BCUT2D eigenvalue weighted by Gasteiger charge is -2.36. The van der Waals surface area contributed by atoms with Crippen LogP contribution < -0.4 is 10.6 Å². The number of likely N-dealkylation sites (tertiary alicyclic amines) is 2. The van der Waals surface area contributed by atoms with Crippen LogP contribution in [0.3, 0.4) is 0 Å². The lowest BCUT2D eigenvalue weighted by Crippen LogP contribution is -2.51.